The lowest BCUT2D eigenvalue weighted by Crippen LogP contribution is -2.45. The molecule has 0 saturated carbocycles. The molecule has 2 aliphatic heterocycles. The van der Waals surface area contributed by atoms with Crippen LogP contribution < -0.4 is 10.5 Å². The summed E-state index contributed by atoms with van der Waals surface area (Å²) in [5.74, 6) is 0.702. The lowest BCUT2D eigenvalue weighted by atomic mass is 9.77. The molecule has 0 aromatic heterocycles. The van der Waals surface area contributed by atoms with Gasteiger partial charge in [0, 0.05) is 12.5 Å². The summed E-state index contributed by atoms with van der Waals surface area (Å²) in [5.41, 5.74) is 7.90. The van der Waals surface area contributed by atoms with Crippen molar-refractivity contribution in [2.45, 2.75) is 38.3 Å². The van der Waals surface area contributed by atoms with Gasteiger partial charge in [-0.05, 0) is 62.2 Å². The van der Waals surface area contributed by atoms with E-state index in [1.807, 2.05) is 42.5 Å². The Balaban J connectivity index is 1.31. The Morgan fingerprint density at radius 3 is 2.35 bits per heavy atom. The zero-order chi connectivity index (χ0) is 21.8. The van der Waals surface area contributed by atoms with Crippen molar-refractivity contribution >= 4 is 11.8 Å². The number of carbonyl (C=O) groups excluding carboxylic acids is 2. The summed E-state index contributed by atoms with van der Waals surface area (Å²) in [6.07, 6.45) is 2.68. The van der Waals surface area contributed by atoms with E-state index in [2.05, 4.69) is 17.0 Å². The van der Waals surface area contributed by atoms with E-state index < -0.39 is 5.41 Å². The van der Waals surface area contributed by atoms with Gasteiger partial charge >= 0.3 is 0 Å². The largest absolute Gasteiger partial charge is 0.497 e. The second-order valence-corrected chi connectivity index (χ2v) is 8.74. The predicted octanol–water partition coefficient (Wildman–Crippen LogP) is 3.13. The molecule has 1 spiro atoms. The van der Waals surface area contributed by atoms with Gasteiger partial charge in [-0.25, -0.2) is 0 Å². The SMILES string of the molecule is COc1ccc(CN2C(=O)CC3(CCN(CC[C@H](N)c4ccccc4)CC3)C2=O)cc1. The molecule has 4 rings (SSSR count). The maximum Gasteiger partial charge on any atom is 0.236 e. The van der Waals surface area contributed by atoms with Gasteiger partial charge in [-0.15, -0.1) is 0 Å². The number of carbonyl (C=O) groups is 2. The Labute approximate surface area is 184 Å². The van der Waals surface area contributed by atoms with Crippen LogP contribution in [0, 0.1) is 5.41 Å². The van der Waals surface area contributed by atoms with Crippen molar-refractivity contribution in [2.75, 3.05) is 26.7 Å². The van der Waals surface area contributed by atoms with Crippen LogP contribution in [0.5, 0.6) is 5.75 Å². The van der Waals surface area contributed by atoms with Gasteiger partial charge in [0.15, 0.2) is 0 Å². The molecular weight excluding hydrogens is 390 g/mol. The molecule has 31 heavy (non-hydrogen) atoms. The lowest BCUT2D eigenvalue weighted by molar-refractivity contribution is -0.143. The minimum absolute atomic E-state index is 0.00560. The number of imide groups is 1. The molecule has 2 fully saturated rings. The molecule has 1 atom stereocenters. The molecule has 2 aromatic carbocycles. The van der Waals surface area contributed by atoms with E-state index in [0.717, 1.165) is 55.8 Å². The Morgan fingerprint density at radius 2 is 1.71 bits per heavy atom. The first kappa shape index (κ1) is 21.5. The van der Waals surface area contributed by atoms with Crippen LogP contribution in [0.2, 0.25) is 0 Å². The highest BCUT2D eigenvalue weighted by Gasteiger charge is 2.52. The van der Waals surface area contributed by atoms with E-state index >= 15 is 0 Å². The fourth-order valence-electron chi connectivity index (χ4n) is 4.72. The van der Waals surface area contributed by atoms with Crippen molar-refractivity contribution in [1.29, 1.82) is 0 Å². The second-order valence-electron chi connectivity index (χ2n) is 8.74. The van der Waals surface area contributed by atoms with E-state index in [1.54, 1.807) is 7.11 Å². The summed E-state index contributed by atoms with van der Waals surface area (Å²) in [6, 6.07) is 17.7. The number of methoxy groups -OCH3 is 1. The Hall–Kier alpha value is -2.70. The van der Waals surface area contributed by atoms with Crippen LogP contribution in [0.25, 0.3) is 0 Å². The van der Waals surface area contributed by atoms with Crippen LogP contribution in [0.3, 0.4) is 0 Å². The van der Waals surface area contributed by atoms with Gasteiger partial charge in [0.1, 0.15) is 5.75 Å². The first-order chi connectivity index (χ1) is 15.0. The minimum Gasteiger partial charge on any atom is -0.497 e. The van der Waals surface area contributed by atoms with Gasteiger partial charge in [-0.2, -0.15) is 0 Å². The maximum absolute atomic E-state index is 13.2. The van der Waals surface area contributed by atoms with Crippen molar-refractivity contribution in [3.8, 4) is 5.75 Å². The average Bonchev–Trinajstić information content (AvgIpc) is 3.03. The molecule has 0 bridgehead atoms. The van der Waals surface area contributed by atoms with Crippen molar-refractivity contribution in [1.82, 2.24) is 9.80 Å². The highest BCUT2D eigenvalue weighted by Crippen LogP contribution is 2.42. The average molecular weight is 422 g/mol. The highest BCUT2D eigenvalue weighted by atomic mass is 16.5. The number of likely N-dealkylation sites (tertiary alicyclic amines) is 2. The lowest BCUT2D eigenvalue weighted by Gasteiger charge is -2.37. The Morgan fingerprint density at radius 1 is 1.03 bits per heavy atom. The van der Waals surface area contributed by atoms with Gasteiger partial charge in [0.2, 0.25) is 11.8 Å². The number of piperidine rings is 1. The summed E-state index contributed by atoms with van der Waals surface area (Å²) in [5, 5.41) is 0. The van der Waals surface area contributed by atoms with Crippen molar-refractivity contribution in [3.05, 3.63) is 65.7 Å². The summed E-state index contributed by atoms with van der Waals surface area (Å²) in [4.78, 5) is 29.7. The monoisotopic (exact) mass is 421 g/mol. The van der Waals surface area contributed by atoms with E-state index in [-0.39, 0.29) is 17.9 Å². The molecule has 2 aliphatic rings. The van der Waals surface area contributed by atoms with Gasteiger partial charge in [0.25, 0.3) is 0 Å². The number of rotatable bonds is 7. The predicted molar refractivity (Wildman–Crippen MR) is 119 cm³/mol. The summed E-state index contributed by atoms with van der Waals surface area (Å²) >= 11 is 0. The number of hydrogen-bond donors (Lipinski definition) is 1. The van der Waals surface area contributed by atoms with E-state index in [0.29, 0.717) is 13.0 Å². The highest BCUT2D eigenvalue weighted by molar-refractivity contribution is 6.05. The van der Waals surface area contributed by atoms with Crippen LogP contribution in [0.1, 0.15) is 42.9 Å². The molecule has 164 valence electrons. The van der Waals surface area contributed by atoms with Gasteiger partial charge in [0.05, 0.1) is 19.1 Å². The van der Waals surface area contributed by atoms with Crippen LogP contribution in [-0.2, 0) is 16.1 Å². The molecule has 6 heteroatoms. The van der Waals surface area contributed by atoms with Gasteiger partial charge < -0.3 is 15.4 Å². The first-order valence-corrected chi connectivity index (χ1v) is 11.0. The zero-order valence-corrected chi connectivity index (χ0v) is 18.1. The Kier molecular flexibility index (Phi) is 6.39. The van der Waals surface area contributed by atoms with Crippen molar-refractivity contribution < 1.29 is 14.3 Å². The van der Waals surface area contributed by atoms with Gasteiger partial charge in [-0.1, -0.05) is 42.5 Å². The van der Waals surface area contributed by atoms with E-state index in [9.17, 15) is 9.59 Å². The van der Waals surface area contributed by atoms with Crippen LogP contribution in [0.15, 0.2) is 54.6 Å². The Bertz CT molecular complexity index is 905. The number of ether oxygens (including phenoxy) is 1. The number of benzene rings is 2. The standard InChI is InChI=1S/C25H31N3O3/c1-31-21-9-7-19(8-10-21)18-28-23(29)17-25(24(28)30)12-15-27(16-13-25)14-11-22(26)20-5-3-2-4-6-20/h2-10,22H,11-18,26H2,1H3/t22-/m0/s1. The minimum atomic E-state index is -0.526. The smallest absolute Gasteiger partial charge is 0.236 e. The third kappa shape index (κ3) is 4.65. The third-order valence-corrected chi connectivity index (χ3v) is 6.79. The first-order valence-electron chi connectivity index (χ1n) is 11.0. The molecule has 0 radical (unpaired) electrons. The van der Waals surface area contributed by atoms with Crippen molar-refractivity contribution in [2.24, 2.45) is 11.1 Å². The topological polar surface area (TPSA) is 75.9 Å². The summed E-state index contributed by atoms with van der Waals surface area (Å²) < 4.78 is 5.18. The van der Waals surface area contributed by atoms with E-state index in [4.69, 9.17) is 10.5 Å². The number of nitrogens with two attached hydrogens (primary N) is 1. The van der Waals surface area contributed by atoms with Gasteiger partial charge in [-0.3, -0.25) is 14.5 Å². The molecule has 2 heterocycles. The maximum atomic E-state index is 13.2. The fraction of sp³-hybridized carbons (Fsp3) is 0.440. The number of amides is 2. The van der Waals surface area contributed by atoms with Crippen molar-refractivity contribution in [3.63, 3.8) is 0 Å². The summed E-state index contributed by atoms with van der Waals surface area (Å²) in [7, 11) is 1.62. The molecule has 6 nitrogen and oxygen atoms in total. The molecular formula is C25H31N3O3. The van der Waals surface area contributed by atoms with Crippen LogP contribution >= 0.6 is 0 Å². The number of nitrogens with zero attached hydrogens (tertiary/aromatic N) is 2. The second kappa shape index (κ2) is 9.20. The molecule has 0 aliphatic carbocycles. The molecule has 0 unspecified atom stereocenters. The van der Waals surface area contributed by atoms with Crippen LogP contribution in [0.4, 0.5) is 0 Å². The molecule has 2 N–H and O–H groups in total. The molecule has 2 amide bonds. The third-order valence-electron chi connectivity index (χ3n) is 6.79. The summed E-state index contributed by atoms with van der Waals surface area (Å²) in [6.45, 7) is 2.90. The molecule has 2 aromatic rings. The van der Waals surface area contributed by atoms with Crippen LogP contribution in [-0.4, -0.2) is 48.4 Å². The number of hydrogen-bond acceptors (Lipinski definition) is 5. The molecule has 2 saturated heterocycles. The zero-order valence-electron chi connectivity index (χ0n) is 18.1. The normalized spacial score (nSPS) is 19.7. The fourth-order valence-corrected chi connectivity index (χ4v) is 4.72. The van der Waals surface area contributed by atoms with E-state index in [1.165, 1.54) is 4.90 Å². The quantitative estimate of drug-likeness (QED) is 0.695.